The summed E-state index contributed by atoms with van der Waals surface area (Å²) in [5, 5.41) is 10.9. The summed E-state index contributed by atoms with van der Waals surface area (Å²) in [6.07, 6.45) is 0. The number of nitrogens with zero attached hydrogens (tertiary/aromatic N) is 1. The number of carbonyl (C=O) groups is 2. The Morgan fingerprint density at radius 1 is 1.10 bits per heavy atom. The van der Waals surface area contributed by atoms with Gasteiger partial charge in [0, 0.05) is 19.2 Å². The molecule has 7 heteroatoms. The van der Waals surface area contributed by atoms with Crippen molar-refractivity contribution < 1.29 is 28.9 Å². The average molecular weight is 395 g/mol. The van der Waals surface area contributed by atoms with Crippen LogP contribution in [0, 0.1) is 0 Å². The Balaban J connectivity index is 1.84. The molecule has 1 unspecified atom stereocenters. The van der Waals surface area contributed by atoms with Crippen molar-refractivity contribution in [3.63, 3.8) is 0 Å². The number of ether oxygens (including phenoxy) is 3. The van der Waals surface area contributed by atoms with Crippen molar-refractivity contribution in [2.24, 2.45) is 0 Å². The first-order valence-corrected chi connectivity index (χ1v) is 9.34. The zero-order chi connectivity index (χ0) is 20.4. The van der Waals surface area contributed by atoms with Gasteiger partial charge in [0.05, 0.1) is 18.2 Å². The van der Waals surface area contributed by atoms with Gasteiger partial charge in [-0.2, -0.15) is 0 Å². The van der Waals surface area contributed by atoms with Crippen LogP contribution < -0.4 is 9.47 Å². The molecule has 1 amide bonds. The number of likely N-dealkylation sites (tertiary alicyclic amines) is 1. The van der Waals surface area contributed by atoms with Gasteiger partial charge in [-0.25, -0.2) is 0 Å². The van der Waals surface area contributed by atoms with Crippen LogP contribution in [0.5, 0.6) is 11.5 Å². The molecule has 29 heavy (non-hydrogen) atoms. The fourth-order valence-corrected chi connectivity index (χ4v) is 3.63. The summed E-state index contributed by atoms with van der Waals surface area (Å²) in [6, 6.07) is 13.3. The van der Waals surface area contributed by atoms with E-state index in [-0.39, 0.29) is 24.5 Å². The smallest absolute Gasteiger partial charge is 0.295 e. The van der Waals surface area contributed by atoms with E-state index in [1.54, 1.807) is 42.5 Å². The lowest BCUT2D eigenvalue weighted by atomic mass is 9.95. The first-order valence-electron chi connectivity index (χ1n) is 9.34. The van der Waals surface area contributed by atoms with E-state index in [0.29, 0.717) is 35.8 Å². The van der Waals surface area contributed by atoms with E-state index >= 15 is 0 Å². The highest BCUT2D eigenvalue weighted by Crippen LogP contribution is 2.42. The molecule has 2 aliphatic rings. The number of amides is 1. The minimum atomic E-state index is -0.749. The lowest BCUT2D eigenvalue weighted by molar-refractivity contribution is -0.140. The predicted octanol–water partition coefficient (Wildman–Crippen LogP) is 2.53. The average Bonchev–Trinajstić information content (AvgIpc) is 3.02. The second-order valence-electron chi connectivity index (χ2n) is 6.75. The molecule has 150 valence electrons. The van der Waals surface area contributed by atoms with Crippen molar-refractivity contribution >= 4 is 17.4 Å². The van der Waals surface area contributed by atoms with Gasteiger partial charge in [0.2, 0.25) is 0 Å². The Labute approximate surface area is 168 Å². The largest absolute Gasteiger partial charge is 0.507 e. The highest BCUT2D eigenvalue weighted by atomic mass is 16.6. The third-order valence-electron chi connectivity index (χ3n) is 5.01. The van der Waals surface area contributed by atoms with E-state index in [9.17, 15) is 14.7 Å². The van der Waals surface area contributed by atoms with Crippen LogP contribution in [0.3, 0.4) is 0 Å². The van der Waals surface area contributed by atoms with Crippen LogP contribution >= 0.6 is 0 Å². The summed E-state index contributed by atoms with van der Waals surface area (Å²) in [5.74, 6) is -0.437. The van der Waals surface area contributed by atoms with Gasteiger partial charge in [0.1, 0.15) is 19.0 Å². The summed E-state index contributed by atoms with van der Waals surface area (Å²) >= 11 is 0. The number of methoxy groups -OCH3 is 1. The van der Waals surface area contributed by atoms with Crippen LogP contribution in [-0.2, 0) is 14.3 Å². The number of ketones is 1. The van der Waals surface area contributed by atoms with Crippen LogP contribution in [0.1, 0.15) is 17.2 Å². The van der Waals surface area contributed by atoms with Crippen molar-refractivity contribution in [2.75, 3.05) is 33.5 Å². The van der Waals surface area contributed by atoms with E-state index in [2.05, 4.69) is 0 Å². The fourth-order valence-electron chi connectivity index (χ4n) is 3.63. The van der Waals surface area contributed by atoms with E-state index in [4.69, 9.17) is 14.2 Å². The number of rotatable bonds is 5. The molecule has 0 radical (unpaired) electrons. The van der Waals surface area contributed by atoms with Crippen LogP contribution in [0.25, 0.3) is 5.76 Å². The third-order valence-corrected chi connectivity index (χ3v) is 5.01. The Kier molecular flexibility index (Phi) is 5.22. The number of fused-ring (bicyclic) bond motifs is 1. The maximum absolute atomic E-state index is 12.9. The standard InChI is InChI=1S/C22H21NO6/c1-27-10-9-23-19(15-7-8-16-17(13-15)29-12-11-28-16)18(21(25)22(23)26)20(24)14-5-3-2-4-6-14/h2-8,13,19,24H,9-12H2,1H3/b20-18-. The summed E-state index contributed by atoms with van der Waals surface area (Å²) in [5.41, 5.74) is 1.18. The minimum absolute atomic E-state index is 0.0500. The third kappa shape index (κ3) is 3.45. The molecule has 4 rings (SSSR count). The molecule has 0 spiro atoms. The molecule has 0 aromatic heterocycles. The Bertz CT molecular complexity index is 969. The zero-order valence-corrected chi connectivity index (χ0v) is 16.0. The second-order valence-corrected chi connectivity index (χ2v) is 6.75. The summed E-state index contributed by atoms with van der Waals surface area (Å²) in [7, 11) is 1.53. The lowest BCUT2D eigenvalue weighted by Crippen LogP contribution is -2.32. The number of hydrogen-bond donors (Lipinski definition) is 1. The Hall–Kier alpha value is -3.32. The molecule has 1 saturated heterocycles. The molecular formula is C22H21NO6. The minimum Gasteiger partial charge on any atom is -0.507 e. The first-order chi connectivity index (χ1) is 14.1. The topological polar surface area (TPSA) is 85.3 Å². The lowest BCUT2D eigenvalue weighted by Gasteiger charge is -2.26. The van der Waals surface area contributed by atoms with Crippen molar-refractivity contribution in [3.8, 4) is 11.5 Å². The number of aliphatic hydroxyl groups excluding tert-OH is 1. The molecule has 0 bridgehead atoms. The van der Waals surface area contributed by atoms with E-state index in [1.165, 1.54) is 12.0 Å². The van der Waals surface area contributed by atoms with Crippen LogP contribution in [0.2, 0.25) is 0 Å². The number of carbonyl (C=O) groups excluding carboxylic acids is 2. The number of Topliss-reactive ketones (excluding diaryl/α,β-unsaturated/α-hetero) is 1. The number of hydrogen-bond acceptors (Lipinski definition) is 6. The molecule has 0 saturated carbocycles. The highest BCUT2D eigenvalue weighted by Gasteiger charge is 2.46. The summed E-state index contributed by atoms with van der Waals surface area (Å²) in [6.45, 7) is 1.36. The monoisotopic (exact) mass is 395 g/mol. The molecule has 2 heterocycles. The molecule has 1 atom stereocenters. The molecule has 1 N–H and O–H groups in total. The maximum Gasteiger partial charge on any atom is 0.295 e. The van der Waals surface area contributed by atoms with Gasteiger partial charge < -0.3 is 24.2 Å². The van der Waals surface area contributed by atoms with Gasteiger partial charge in [-0.05, 0) is 17.7 Å². The molecular weight excluding hydrogens is 374 g/mol. The SMILES string of the molecule is COCCN1C(=O)C(=O)/C(=C(\O)c2ccccc2)C1c1ccc2c(c1)OCCO2. The van der Waals surface area contributed by atoms with Crippen molar-refractivity contribution in [2.45, 2.75) is 6.04 Å². The van der Waals surface area contributed by atoms with Gasteiger partial charge >= 0.3 is 0 Å². The Morgan fingerprint density at radius 3 is 2.55 bits per heavy atom. The van der Waals surface area contributed by atoms with Crippen molar-refractivity contribution in [1.82, 2.24) is 4.90 Å². The fraction of sp³-hybridized carbons (Fsp3) is 0.273. The van der Waals surface area contributed by atoms with Gasteiger partial charge in [-0.1, -0.05) is 36.4 Å². The second kappa shape index (κ2) is 7.97. The molecule has 7 nitrogen and oxygen atoms in total. The van der Waals surface area contributed by atoms with Gasteiger partial charge in [0.25, 0.3) is 11.7 Å². The van der Waals surface area contributed by atoms with Gasteiger partial charge in [-0.15, -0.1) is 0 Å². The van der Waals surface area contributed by atoms with E-state index in [0.717, 1.165) is 0 Å². The summed E-state index contributed by atoms with van der Waals surface area (Å²) < 4.78 is 16.3. The molecule has 1 fully saturated rings. The van der Waals surface area contributed by atoms with Crippen molar-refractivity contribution in [1.29, 1.82) is 0 Å². The first kappa shape index (κ1) is 19.0. The Morgan fingerprint density at radius 2 is 1.83 bits per heavy atom. The highest BCUT2D eigenvalue weighted by molar-refractivity contribution is 6.46. The molecule has 2 aromatic carbocycles. The van der Waals surface area contributed by atoms with Crippen molar-refractivity contribution in [3.05, 3.63) is 65.2 Å². The normalized spacial score (nSPS) is 20.2. The van der Waals surface area contributed by atoms with E-state index < -0.39 is 17.7 Å². The van der Waals surface area contributed by atoms with E-state index in [1.807, 2.05) is 6.07 Å². The predicted molar refractivity (Wildman–Crippen MR) is 105 cm³/mol. The van der Waals surface area contributed by atoms with Crippen LogP contribution in [-0.4, -0.2) is 55.2 Å². The maximum atomic E-state index is 12.9. The van der Waals surface area contributed by atoms with Gasteiger partial charge in [-0.3, -0.25) is 9.59 Å². The quantitative estimate of drug-likeness (QED) is 0.476. The van der Waals surface area contributed by atoms with Crippen LogP contribution in [0.15, 0.2) is 54.1 Å². The molecule has 0 aliphatic carbocycles. The summed E-state index contributed by atoms with van der Waals surface area (Å²) in [4.78, 5) is 27.0. The molecule has 2 aromatic rings. The van der Waals surface area contributed by atoms with Crippen LogP contribution in [0.4, 0.5) is 0 Å². The zero-order valence-electron chi connectivity index (χ0n) is 16.0. The van der Waals surface area contributed by atoms with Gasteiger partial charge in [0.15, 0.2) is 11.5 Å². The number of aliphatic hydroxyl groups is 1. The molecule has 2 aliphatic heterocycles. The number of benzene rings is 2.